The minimum absolute atomic E-state index is 0.0193. The fraction of sp³-hybridized carbons (Fsp3) is 0.127. The van der Waals surface area contributed by atoms with Crippen molar-refractivity contribution in [2.45, 2.75) is 44.4 Å². The van der Waals surface area contributed by atoms with E-state index in [2.05, 4.69) is 206 Å². The van der Waals surface area contributed by atoms with Gasteiger partial charge in [-0.25, -0.2) is 0 Å². The molecule has 1 heteroatoms. The predicted molar refractivity (Wildman–Crippen MR) is 237 cm³/mol. The Labute approximate surface area is 331 Å². The van der Waals surface area contributed by atoms with E-state index in [0.717, 1.165) is 11.4 Å². The molecule has 1 nitrogen and oxygen atoms in total. The van der Waals surface area contributed by atoms with Crippen LogP contribution in [0, 0.1) is 6.92 Å². The molecule has 56 heavy (non-hydrogen) atoms. The third-order valence-electron chi connectivity index (χ3n) is 12.4. The summed E-state index contributed by atoms with van der Waals surface area (Å²) in [6.07, 6.45) is 6.20. The van der Waals surface area contributed by atoms with Gasteiger partial charge in [-0.1, -0.05) is 171 Å². The first-order chi connectivity index (χ1) is 27.7. The zero-order valence-electron chi connectivity index (χ0n) is 32.0. The van der Waals surface area contributed by atoms with Crippen LogP contribution in [0.3, 0.4) is 0 Å². The zero-order valence-corrected chi connectivity index (χ0v) is 32.0. The van der Waals surface area contributed by atoms with Gasteiger partial charge < -0.3 is 4.90 Å². The molecule has 0 N–H and O–H groups in total. The van der Waals surface area contributed by atoms with Crippen LogP contribution in [-0.4, -0.2) is 0 Å². The molecule has 2 aliphatic carbocycles. The summed E-state index contributed by atoms with van der Waals surface area (Å²) in [5, 5.41) is 0. The number of rotatable bonds is 7. The minimum atomic E-state index is 0.0193. The molecule has 10 rings (SSSR count). The first kappa shape index (κ1) is 34.1. The first-order valence-corrected chi connectivity index (χ1v) is 20.2. The highest BCUT2D eigenvalue weighted by molar-refractivity contribution is 5.89. The molecule has 0 aromatic heterocycles. The Balaban J connectivity index is 1.09. The highest BCUT2D eigenvalue weighted by atomic mass is 15.1. The quantitative estimate of drug-likeness (QED) is 0.159. The van der Waals surface area contributed by atoms with Gasteiger partial charge >= 0.3 is 0 Å². The summed E-state index contributed by atoms with van der Waals surface area (Å²) in [5.74, 6) is 0. The Morgan fingerprint density at radius 3 is 1.41 bits per heavy atom. The summed E-state index contributed by atoms with van der Waals surface area (Å²) < 4.78 is 0. The summed E-state index contributed by atoms with van der Waals surface area (Å²) >= 11 is 0. The molecule has 1 fully saturated rings. The van der Waals surface area contributed by atoms with E-state index in [9.17, 15) is 0 Å². The highest BCUT2D eigenvalue weighted by Gasteiger charge is 2.44. The molecule has 0 radical (unpaired) electrons. The van der Waals surface area contributed by atoms with Crippen LogP contribution >= 0.6 is 0 Å². The summed E-state index contributed by atoms with van der Waals surface area (Å²) in [4.78, 5) is 2.46. The summed E-state index contributed by atoms with van der Waals surface area (Å²) in [5.41, 5.74) is 20.7. The summed E-state index contributed by atoms with van der Waals surface area (Å²) in [6, 6.07) is 71.8. The lowest BCUT2D eigenvalue weighted by atomic mass is 9.67. The standard InChI is InChI=1S/C55H45N/c1-39-15-9-10-20-48(39)44-27-33-51-52-34-32-47(38-54(52)55(53(51)37-44)35-13-4-14-36-55)56(45-28-23-41(24-29-45)40-16-5-2-6-17-40)46-30-25-43(26-31-46)50-22-12-11-21-49(50)42-18-7-3-8-19-42/h2-3,5-12,15-34,37-38H,4,13-14,35-36H2,1H3. The second kappa shape index (κ2) is 14.3. The van der Waals surface area contributed by atoms with E-state index in [1.807, 2.05) is 0 Å². The molecule has 1 saturated carbocycles. The number of nitrogens with zero attached hydrogens (tertiary/aromatic N) is 1. The molecule has 0 aliphatic heterocycles. The van der Waals surface area contributed by atoms with Crippen molar-refractivity contribution in [3.05, 3.63) is 211 Å². The lowest BCUT2D eigenvalue weighted by molar-refractivity contribution is 0.353. The lowest BCUT2D eigenvalue weighted by Gasteiger charge is -2.37. The molecular weight excluding hydrogens is 675 g/mol. The van der Waals surface area contributed by atoms with Gasteiger partial charge in [0, 0.05) is 22.5 Å². The predicted octanol–water partition coefficient (Wildman–Crippen LogP) is 15.4. The van der Waals surface area contributed by atoms with Crippen molar-refractivity contribution in [3.8, 4) is 55.6 Å². The summed E-state index contributed by atoms with van der Waals surface area (Å²) in [7, 11) is 0. The van der Waals surface area contributed by atoms with Crippen molar-refractivity contribution in [1.82, 2.24) is 0 Å². The smallest absolute Gasteiger partial charge is 0.0465 e. The van der Waals surface area contributed by atoms with E-state index < -0.39 is 0 Å². The minimum Gasteiger partial charge on any atom is -0.310 e. The normalized spacial score (nSPS) is 13.9. The second-order valence-corrected chi connectivity index (χ2v) is 15.7. The van der Waals surface area contributed by atoms with Crippen molar-refractivity contribution >= 4 is 17.1 Å². The van der Waals surface area contributed by atoms with Gasteiger partial charge in [0.05, 0.1) is 0 Å². The van der Waals surface area contributed by atoms with Gasteiger partial charge in [-0.3, -0.25) is 0 Å². The monoisotopic (exact) mass is 719 g/mol. The SMILES string of the molecule is Cc1ccccc1-c1ccc2c(c1)C1(CCCCC1)c1cc(N(c3ccc(-c4ccccc4)cc3)c3ccc(-c4ccccc4-c4ccccc4)cc3)ccc1-2. The Hall–Kier alpha value is -6.44. The largest absolute Gasteiger partial charge is 0.310 e. The number of hydrogen-bond donors (Lipinski definition) is 0. The molecule has 0 amide bonds. The van der Waals surface area contributed by atoms with Gasteiger partial charge in [0.2, 0.25) is 0 Å². The fourth-order valence-electron chi connectivity index (χ4n) is 9.66. The number of fused-ring (bicyclic) bond motifs is 5. The average Bonchev–Trinajstić information content (AvgIpc) is 3.52. The molecule has 2 aliphatic rings. The Bertz CT molecular complexity index is 2650. The van der Waals surface area contributed by atoms with Crippen LogP contribution in [0.4, 0.5) is 17.1 Å². The van der Waals surface area contributed by atoms with Gasteiger partial charge in [0.1, 0.15) is 0 Å². The van der Waals surface area contributed by atoms with E-state index in [4.69, 9.17) is 0 Å². The van der Waals surface area contributed by atoms with Gasteiger partial charge in [0.25, 0.3) is 0 Å². The van der Waals surface area contributed by atoms with E-state index in [-0.39, 0.29) is 5.41 Å². The van der Waals surface area contributed by atoms with Crippen LogP contribution in [0.2, 0.25) is 0 Å². The van der Waals surface area contributed by atoms with Crippen LogP contribution < -0.4 is 4.90 Å². The van der Waals surface area contributed by atoms with Gasteiger partial charge in [0.15, 0.2) is 0 Å². The third-order valence-corrected chi connectivity index (χ3v) is 12.4. The molecule has 1 spiro atoms. The molecule has 0 saturated heterocycles. The van der Waals surface area contributed by atoms with Crippen molar-refractivity contribution in [3.63, 3.8) is 0 Å². The van der Waals surface area contributed by atoms with Gasteiger partial charge in [-0.05, 0) is 135 Å². The number of benzene rings is 8. The molecule has 0 unspecified atom stereocenters. The Morgan fingerprint density at radius 1 is 0.339 bits per heavy atom. The maximum Gasteiger partial charge on any atom is 0.0465 e. The van der Waals surface area contributed by atoms with Crippen LogP contribution in [-0.2, 0) is 5.41 Å². The van der Waals surface area contributed by atoms with Crippen LogP contribution in [0.15, 0.2) is 194 Å². The number of anilines is 3. The van der Waals surface area contributed by atoms with Crippen molar-refractivity contribution in [2.24, 2.45) is 0 Å². The third kappa shape index (κ3) is 5.96. The number of hydrogen-bond acceptors (Lipinski definition) is 1. The average molecular weight is 720 g/mol. The zero-order chi connectivity index (χ0) is 37.5. The molecule has 0 bridgehead atoms. The van der Waals surface area contributed by atoms with E-state index in [0.29, 0.717) is 0 Å². The molecule has 270 valence electrons. The van der Waals surface area contributed by atoms with E-state index in [1.54, 1.807) is 0 Å². The first-order valence-electron chi connectivity index (χ1n) is 20.2. The van der Waals surface area contributed by atoms with Gasteiger partial charge in [-0.2, -0.15) is 0 Å². The topological polar surface area (TPSA) is 3.24 Å². The second-order valence-electron chi connectivity index (χ2n) is 15.7. The molecular formula is C55H45N. The molecule has 0 atom stereocenters. The van der Waals surface area contributed by atoms with E-state index in [1.165, 1.54) is 110 Å². The van der Waals surface area contributed by atoms with Crippen molar-refractivity contribution < 1.29 is 0 Å². The fourth-order valence-corrected chi connectivity index (χ4v) is 9.66. The van der Waals surface area contributed by atoms with E-state index >= 15 is 0 Å². The molecule has 0 heterocycles. The van der Waals surface area contributed by atoms with Crippen LogP contribution in [0.1, 0.15) is 48.8 Å². The maximum absolute atomic E-state index is 2.54. The van der Waals surface area contributed by atoms with Crippen LogP contribution in [0.5, 0.6) is 0 Å². The lowest BCUT2D eigenvalue weighted by Crippen LogP contribution is -2.28. The molecule has 8 aromatic rings. The Kier molecular flexibility index (Phi) is 8.72. The maximum atomic E-state index is 2.54. The van der Waals surface area contributed by atoms with Gasteiger partial charge in [-0.15, -0.1) is 0 Å². The number of aryl methyl sites for hydroxylation is 1. The Morgan fingerprint density at radius 2 is 0.786 bits per heavy atom. The van der Waals surface area contributed by atoms with Crippen molar-refractivity contribution in [1.29, 1.82) is 0 Å². The van der Waals surface area contributed by atoms with Crippen molar-refractivity contribution in [2.75, 3.05) is 4.90 Å². The molecule has 8 aromatic carbocycles. The highest BCUT2D eigenvalue weighted by Crippen LogP contribution is 2.57. The summed E-state index contributed by atoms with van der Waals surface area (Å²) in [6.45, 7) is 2.23. The van der Waals surface area contributed by atoms with Crippen LogP contribution in [0.25, 0.3) is 55.6 Å².